The molecule has 100 valence electrons. The Morgan fingerprint density at radius 3 is 2.61 bits per heavy atom. The summed E-state index contributed by atoms with van der Waals surface area (Å²) < 4.78 is 10.9. The topological polar surface area (TPSA) is 30.5 Å². The molecule has 1 aliphatic rings. The van der Waals surface area contributed by atoms with Gasteiger partial charge in [-0.1, -0.05) is 13.8 Å². The molecule has 0 saturated heterocycles. The van der Waals surface area contributed by atoms with Crippen molar-refractivity contribution in [3.63, 3.8) is 0 Å². The van der Waals surface area contributed by atoms with Crippen LogP contribution in [0.3, 0.4) is 0 Å². The summed E-state index contributed by atoms with van der Waals surface area (Å²) in [6.45, 7) is 5.41. The minimum atomic E-state index is 0.421. The van der Waals surface area contributed by atoms with Crippen molar-refractivity contribution in [2.24, 2.45) is 0 Å². The van der Waals surface area contributed by atoms with Crippen LogP contribution in [0.2, 0.25) is 0 Å². The fourth-order valence-electron chi connectivity index (χ4n) is 2.90. The standard InChI is InChI=1S/C15H23NO2/c1-5-16-13-7-6-10(2)15-12(13)8-11(17-3)9-14(15)18-4/h8-10,13,16H,5-7H2,1-4H3. The Morgan fingerprint density at radius 1 is 1.22 bits per heavy atom. The summed E-state index contributed by atoms with van der Waals surface area (Å²) in [6, 6.07) is 4.56. The average molecular weight is 249 g/mol. The van der Waals surface area contributed by atoms with Gasteiger partial charge in [-0.25, -0.2) is 0 Å². The van der Waals surface area contributed by atoms with E-state index in [9.17, 15) is 0 Å². The summed E-state index contributed by atoms with van der Waals surface area (Å²) in [5.41, 5.74) is 2.68. The third-order valence-corrected chi connectivity index (χ3v) is 3.81. The Morgan fingerprint density at radius 2 is 2.00 bits per heavy atom. The van der Waals surface area contributed by atoms with Crippen molar-refractivity contribution < 1.29 is 9.47 Å². The van der Waals surface area contributed by atoms with E-state index < -0.39 is 0 Å². The number of nitrogens with one attached hydrogen (secondary N) is 1. The highest BCUT2D eigenvalue weighted by Gasteiger charge is 2.28. The van der Waals surface area contributed by atoms with Crippen LogP contribution in [-0.4, -0.2) is 20.8 Å². The summed E-state index contributed by atoms with van der Waals surface area (Å²) >= 11 is 0. The number of fused-ring (bicyclic) bond motifs is 1. The third-order valence-electron chi connectivity index (χ3n) is 3.81. The SMILES string of the molecule is CCNC1CCC(C)c2c(OC)cc(OC)cc21. The van der Waals surface area contributed by atoms with Crippen molar-refractivity contribution in [1.82, 2.24) is 5.32 Å². The second kappa shape index (κ2) is 5.61. The zero-order chi connectivity index (χ0) is 13.1. The normalized spacial score (nSPS) is 22.4. The lowest BCUT2D eigenvalue weighted by atomic mass is 9.80. The summed E-state index contributed by atoms with van der Waals surface area (Å²) in [6.07, 6.45) is 2.38. The molecular weight excluding hydrogens is 226 g/mol. The molecular formula is C15H23NO2. The van der Waals surface area contributed by atoms with Crippen molar-refractivity contribution in [3.05, 3.63) is 23.3 Å². The van der Waals surface area contributed by atoms with Gasteiger partial charge in [0.15, 0.2) is 0 Å². The third kappa shape index (κ3) is 2.32. The number of ether oxygens (including phenoxy) is 2. The van der Waals surface area contributed by atoms with Crippen molar-refractivity contribution in [1.29, 1.82) is 0 Å². The molecule has 18 heavy (non-hydrogen) atoms. The first-order valence-electron chi connectivity index (χ1n) is 6.70. The molecule has 1 N–H and O–H groups in total. The Hall–Kier alpha value is -1.22. The highest BCUT2D eigenvalue weighted by molar-refractivity contribution is 5.50. The largest absolute Gasteiger partial charge is 0.497 e. The van der Waals surface area contributed by atoms with Gasteiger partial charge in [0.05, 0.1) is 14.2 Å². The molecule has 0 bridgehead atoms. The molecule has 3 nitrogen and oxygen atoms in total. The minimum Gasteiger partial charge on any atom is -0.497 e. The van der Waals surface area contributed by atoms with Gasteiger partial charge in [0, 0.05) is 17.7 Å². The van der Waals surface area contributed by atoms with Crippen LogP contribution in [0, 0.1) is 0 Å². The molecule has 0 radical (unpaired) electrons. The van der Waals surface area contributed by atoms with E-state index in [0.29, 0.717) is 12.0 Å². The lowest BCUT2D eigenvalue weighted by molar-refractivity contribution is 0.370. The molecule has 2 atom stereocenters. The van der Waals surface area contributed by atoms with Gasteiger partial charge in [-0.3, -0.25) is 0 Å². The monoisotopic (exact) mass is 249 g/mol. The van der Waals surface area contributed by atoms with Gasteiger partial charge in [-0.2, -0.15) is 0 Å². The van der Waals surface area contributed by atoms with Gasteiger partial charge in [-0.15, -0.1) is 0 Å². The number of benzene rings is 1. The second-order valence-electron chi connectivity index (χ2n) is 4.92. The maximum atomic E-state index is 5.54. The van der Waals surface area contributed by atoms with Crippen molar-refractivity contribution in [2.75, 3.05) is 20.8 Å². The Labute approximate surface area is 109 Å². The van der Waals surface area contributed by atoms with Gasteiger partial charge in [0.25, 0.3) is 0 Å². The minimum absolute atomic E-state index is 0.421. The van der Waals surface area contributed by atoms with Crippen LogP contribution in [0.25, 0.3) is 0 Å². The molecule has 0 heterocycles. The van der Waals surface area contributed by atoms with E-state index in [0.717, 1.165) is 18.0 Å². The zero-order valence-corrected chi connectivity index (χ0v) is 11.7. The molecule has 1 aromatic carbocycles. The predicted molar refractivity (Wildman–Crippen MR) is 73.6 cm³/mol. The van der Waals surface area contributed by atoms with Crippen LogP contribution in [0.15, 0.2) is 12.1 Å². The molecule has 3 heteroatoms. The maximum Gasteiger partial charge on any atom is 0.126 e. The van der Waals surface area contributed by atoms with Gasteiger partial charge in [0.2, 0.25) is 0 Å². The van der Waals surface area contributed by atoms with Crippen LogP contribution in [0.1, 0.15) is 49.8 Å². The smallest absolute Gasteiger partial charge is 0.126 e. The molecule has 2 rings (SSSR count). The van der Waals surface area contributed by atoms with E-state index in [2.05, 4.69) is 25.2 Å². The van der Waals surface area contributed by atoms with Crippen LogP contribution in [-0.2, 0) is 0 Å². The highest BCUT2D eigenvalue weighted by atomic mass is 16.5. The van der Waals surface area contributed by atoms with Gasteiger partial charge in [-0.05, 0) is 36.9 Å². The van der Waals surface area contributed by atoms with E-state index >= 15 is 0 Å². The summed E-state index contributed by atoms with van der Waals surface area (Å²) in [4.78, 5) is 0. The average Bonchev–Trinajstić information content (AvgIpc) is 2.40. The molecule has 0 spiro atoms. The van der Waals surface area contributed by atoms with Gasteiger partial charge in [0.1, 0.15) is 11.5 Å². The fraction of sp³-hybridized carbons (Fsp3) is 0.600. The predicted octanol–water partition coefficient (Wildman–Crippen LogP) is 3.25. The summed E-state index contributed by atoms with van der Waals surface area (Å²) in [5, 5.41) is 3.55. The Bertz CT molecular complexity index is 417. The molecule has 2 unspecified atom stereocenters. The maximum absolute atomic E-state index is 5.54. The highest BCUT2D eigenvalue weighted by Crippen LogP contribution is 2.44. The number of rotatable bonds is 4. The summed E-state index contributed by atoms with van der Waals surface area (Å²) in [7, 11) is 3.44. The molecule has 0 saturated carbocycles. The molecule has 0 amide bonds. The molecule has 1 aliphatic carbocycles. The zero-order valence-electron chi connectivity index (χ0n) is 11.7. The lowest BCUT2D eigenvalue weighted by Crippen LogP contribution is -2.26. The number of hydrogen-bond acceptors (Lipinski definition) is 3. The quantitative estimate of drug-likeness (QED) is 0.888. The fourth-order valence-corrected chi connectivity index (χ4v) is 2.90. The summed E-state index contributed by atoms with van der Waals surface area (Å²) in [5.74, 6) is 2.39. The lowest BCUT2D eigenvalue weighted by Gasteiger charge is -2.32. The van der Waals surface area contributed by atoms with E-state index in [-0.39, 0.29) is 0 Å². The van der Waals surface area contributed by atoms with Crippen molar-refractivity contribution in [3.8, 4) is 11.5 Å². The molecule has 0 fully saturated rings. The van der Waals surface area contributed by atoms with Crippen LogP contribution in [0.5, 0.6) is 11.5 Å². The van der Waals surface area contributed by atoms with E-state index in [1.54, 1.807) is 14.2 Å². The molecule has 0 aromatic heterocycles. The Balaban J connectivity index is 2.50. The number of hydrogen-bond donors (Lipinski definition) is 1. The second-order valence-corrected chi connectivity index (χ2v) is 4.92. The van der Waals surface area contributed by atoms with E-state index in [4.69, 9.17) is 9.47 Å². The Kier molecular flexibility index (Phi) is 4.12. The first kappa shape index (κ1) is 13.2. The van der Waals surface area contributed by atoms with Crippen LogP contribution in [0.4, 0.5) is 0 Å². The molecule has 0 aliphatic heterocycles. The van der Waals surface area contributed by atoms with E-state index in [1.807, 2.05) is 6.07 Å². The van der Waals surface area contributed by atoms with Crippen molar-refractivity contribution >= 4 is 0 Å². The number of methoxy groups -OCH3 is 2. The van der Waals surface area contributed by atoms with E-state index in [1.165, 1.54) is 24.0 Å². The van der Waals surface area contributed by atoms with Gasteiger partial charge >= 0.3 is 0 Å². The van der Waals surface area contributed by atoms with Crippen LogP contribution >= 0.6 is 0 Å². The van der Waals surface area contributed by atoms with Gasteiger partial charge < -0.3 is 14.8 Å². The van der Waals surface area contributed by atoms with Crippen LogP contribution < -0.4 is 14.8 Å². The van der Waals surface area contributed by atoms with Crippen molar-refractivity contribution in [2.45, 2.75) is 38.6 Å². The molecule has 1 aromatic rings. The first-order chi connectivity index (χ1) is 8.71. The first-order valence-corrected chi connectivity index (χ1v) is 6.70.